The molecule has 0 bridgehead atoms. The number of piperidine rings is 1. The first-order valence-corrected chi connectivity index (χ1v) is 8.98. The van der Waals surface area contributed by atoms with Gasteiger partial charge in [0, 0.05) is 25.4 Å². The van der Waals surface area contributed by atoms with Crippen molar-refractivity contribution in [1.82, 2.24) is 9.97 Å². The molecule has 4 rings (SSSR count). The van der Waals surface area contributed by atoms with Crippen LogP contribution in [0.15, 0.2) is 23.0 Å². The van der Waals surface area contributed by atoms with Crippen LogP contribution >= 0.6 is 0 Å². The molecule has 1 aromatic heterocycles. The van der Waals surface area contributed by atoms with E-state index >= 15 is 0 Å². The average molecular weight is 356 g/mol. The van der Waals surface area contributed by atoms with E-state index in [1.807, 2.05) is 4.90 Å². The second-order valence-corrected chi connectivity index (χ2v) is 6.98. The van der Waals surface area contributed by atoms with Crippen molar-refractivity contribution in [3.63, 3.8) is 0 Å². The lowest BCUT2D eigenvalue weighted by atomic mass is 9.86. The van der Waals surface area contributed by atoms with Gasteiger partial charge in [-0.2, -0.15) is 4.98 Å². The van der Waals surface area contributed by atoms with Crippen LogP contribution < -0.4 is 15.8 Å². The summed E-state index contributed by atoms with van der Waals surface area (Å²) in [6, 6.07) is 5.04. The number of hydrogen-bond donors (Lipinski definition) is 2. The second-order valence-electron chi connectivity index (χ2n) is 6.98. The minimum Gasteiger partial charge on any atom is -0.342 e. The third-order valence-electron chi connectivity index (χ3n) is 5.19. The number of anilines is 2. The monoisotopic (exact) mass is 356 g/mol. The molecule has 0 saturated carbocycles. The lowest BCUT2D eigenvalue weighted by Crippen LogP contribution is -2.36. The van der Waals surface area contributed by atoms with Gasteiger partial charge in [-0.3, -0.25) is 14.6 Å². The van der Waals surface area contributed by atoms with Crippen LogP contribution in [0.25, 0.3) is 0 Å². The van der Waals surface area contributed by atoms with Gasteiger partial charge in [-0.15, -0.1) is 0 Å². The molecule has 0 radical (unpaired) electrons. The molecule has 2 aliphatic rings. The predicted molar refractivity (Wildman–Crippen MR) is 97.1 cm³/mol. The number of carbonyl (C=O) groups excluding carboxylic acids is 1. The van der Waals surface area contributed by atoms with Crippen LogP contribution in [0.4, 0.5) is 16.2 Å². The van der Waals surface area contributed by atoms with E-state index in [1.165, 1.54) is 0 Å². The van der Waals surface area contributed by atoms with Crippen LogP contribution in [0, 0.1) is 12.7 Å². The fourth-order valence-corrected chi connectivity index (χ4v) is 3.82. The van der Waals surface area contributed by atoms with Gasteiger partial charge >= 0.3 is 0 Å². The Morgan fingerprint density at radius 1 is 1.19 bits per heavy atom. The zero-order chi connectivity index (χ0) is 18.3. The SMILES string of the molecule is Cc1cccc(C2CC(=O)Nc3nc(N4CCCCC4)[nH]c(=O)c32)c1F. The molecule has 1 atom stereocenters. The van der Waals surface area contributed by atoms with Gasteiger partial charge in [0.05, 0.1) is 5.56 Å². The molecule has 0 spiro atoms. The third kappa shape index (κ3) is 2.87. The van der Waals surface area contributed by atoms with Crippen molar-refractivity contribution in [2.75, 3.05) is 23.3 Å². The van der Waals surface area contributed by atoms with E-state index in [0.717, 1.165) is 32.4 Å². The summed E-state index contributed by atoms with van der Waals surface area (Å²) >= 11 is 0. The number of aryl methyl sites for hydroxylation is 1. The standard InChI is InChI=1S/C19H21FN4O2/c1-11-6-5-7-12(16(11)20)13-10-14(25)21-17-15(13)18(26)23-19(22-17)24-8-3-2-4-9-24/h5-7,13H,2-4,8-10H2,1H3,(H2,21,22,23,25,26). The lowest BCUT2D eigenvalue weighted by Gasteiger charge is -2.30. The molecule has 0 aliphatic carbocycles. The van der Waals surface area contributed by atoms with Crippen LogP contribution in [0.5, 0.6) is 0 Å². The highest BCUT2D eigenvalue weighted by Gasteiger charge is 2.33. The van der Waals surface area contributed by atoms with E-state index < -0.39 is 5.92 Å². The quantitative estimate of drug-likeness (QED) is 0.867. The zero-order valence-electron chi connectivity index (χ0n) is 14.6. The number of fused-ring (bicyclic) bond motifs is 1. The van der Waals surface area contributed by atoms with Gasteiger partial charge in [-0.1, -0.05) is 18.2 Å². The first-order valence-electron chi connectivity index (χ1n) is 8.98. The fraction of sp³-hybridized carbons (Fsp3) is 0.421. The van der Waals surface area contributed by atoms with Crippen molar-refractivity contribution in [1.29, 1.82) is 0 Å². The summed E-state index contributed by atoms with van der Waals surface area (Å²) in [5.74, 6) is -0.551. The van der Waals surface area contributed by atoms with E-state index in [4.69, 9.17) is 0 Å². The number of hydrogen-bond acceptors (Lipinski definition) is 4. The Hall–Kier alpha value is -2.70. The molecule has 2 aromatic rings. The molecule has 1 aromatic carbocycles. The third-order valence-corrected chi connectivity index (χ3v) is 5.19. The Balaban J connectivity index is 1.81. The van der Waals surface area contributed by atoms with E-state index in [2.05, 4.69) is 15.3 Å². The van der Waals surface area contributed by atoms with Gasteiger partial charge in [-0.25, -0.2) is 4.39 Å². The van der Waals surface area contributed by atoms with Crippen LogP contribution in [-0.4, -0.2) is 29.0 Å². The molecule has 1 amide bonds. The molecule has 1 fully saturated rings. The maximum absolute atomic E-state index is 14.6. The number of nitrogens with one attached hydrogen (secondary N) is 2. The normalized spacial score (nSPS) is 19.8. The van der Waals surface area contributed by atoms with Crippen molar-refractivity contribution in [3.8, 4) is 0 Å². The number of aromatic amines is 1. The number of aromatic nitrogens is 2. The van der Waals surface area contributed by atoms with Gasteiger partial charge in [0.15, 0.2) is 0 Å². The number of halogens is 1. The Bertz CT molecular complexity index is 918. The van der Waals surface area contributed by atoms with E-state index in [1.54, 1.807) is 25.1 Å². The maximum Gasteiger partial charge on any atom is 0.258 e. The zero-order valence-corrected chi connectivity index (χ0v) is 14.6. The van der Waals surface area contributed by atoms with Gasteiger partial charge in [-0.05, 0) is 37.3 Å². The first-order chi connectivity index (χ1) is 12.5. The van der Waals surface area contributed by atoms with Crippen molar-refractivity contribution in [2.24, 2.45) is 0 Å². The van der Waals surface area contributed by atoms with Crippen LogP contribution in [0.3, 0.4) is 0 Å². The minimum absolute atomic E-state index is 0.0290. The average Bonchev–Trinajstić information content (AvgIpc) is 2.63. The minimum atomic E-state index is -0.634. The molecule has 136 valence electrons. The lowest BCUT2D eigenvalue weighted by molar-refractivity contribution is -0.116. The van der Waals surface area contributed by atoms with Gasteiger partial charge in [0.2, 0.25) is 11.9 Å². The van der Waals surface area contributed by atoms with Crippen molar-refractivity contribution in [3.05, 3.63) is 51.1 Å². The van der Waals surface area contributed by atoms with Gasteiger partial charge < -0.3 is 10.2 Å². The number of benzene rings is 1. The summed E-state index contributed by atoms with van der Waals surface area (Å²) in [6.07, 6.45) is 3.28. The van der Waals surface area contributed by atoms with Crippen LogP contribution in [-0.2, 0) is 4.79 Å². The molecule has 26 heavy (non-hydrogen) atoms. The molecular formula is C19H21FN4O2. The van der Waals surface area contributed by atoms with Crippen LogP contribution in [0.1, 0.15) is 48.3 Å². The molecule has 1 unspecified atom stereocenters. The Morgan fingerprint density at radius 2 is 1.96 bits per heavy atom. The maximum atomic E-state index is 14.6. The summed E-state index contributed by atoms with van der Waals surface area (Å²) in [7, 11) is 0. The van der Waals surface area contributed by atoms with E-state index in [0.29, 0.717) is 22.6 Å². The number of carbonyl (C=O) groups is 1. The summed E-state index contributed by atoms with van der Waals surface area (Å²) in [6.45, 7) is 3.32. The van der Waals surface area contributed by atoms with E-state index in [-0.39, 0.29) is 29.5 Å². The van der Waals surface area contributed by atoms with Crippen LogP contribution in [0.2, 0.25) is 0 Å². The van der Waals surface area contributed by atoms with Gasteiger partial charge in [0.1, 0.15) is 11.6 Å². The highest BCUT2D eigenvalue weighted by molar-refractivity contribution is 5.94. The number of rotatable bonds is 2. The Kier molecular flexibility index (Phi) is 4.22. The van der Waals surface area contributed by atoms with Gasteiger partial charge in [0.25, 0.3) is 5.56 Å². The summed E-state index contributed by atoms with van der Waals surface area (Å²) < 4.78 is 14.6. The van der Waals surface area contributed by atoms with Crippen molar-refractivity contribution >= 4 is 17.7 Å². The first kappa shape index (κ1) is 16.8. The predicted octanol–water partition coefficient (Wildman–Crippen LogP) is 2.68. The molecule has 3 heterocycles. The largest absolute Gasteiger partial charge is 0.342 e. The molecule has 7 heteroatoms. The fourth-order valence-electron chi connectivity index (χ4n) is 3.82. The second kappa shape index (κ2) is 6.55. The molecule has 2 aliphatic heterocycles. The molecule has 6 nitrogen and oxygen atoms in total. The Morgan fingerprint density at radius 3 is 2.73 bits per heavy atom. The van der Waals surface area contributed by atoms with Crippen molar-refractivity contribution in [2.45, 2.75) is 38.5 Å². The highest BCUT2D eigenvalue weighted by atomic mass is 19.1. The summed E-state index contributed by atoms with van der Waals surface area (Å²) in [5.41, 5.74) is 0.861. The van der Waals surface area contributed by atoms with Crippen molar-refractivity contribution < 1.29 is 9.18 Å². The topological polar surface area (TPSA) is 78.1 Å². The highest BCUT2D eigenvalue weighted by Crippen LogP contribution is 2.36. The molecule has 1 saturated heterocycles. The number of H-pyrrole nitrogens is 1. The number of nitrogens with zero attached hydrogens (tertiary/aromatic N) is 2. The summed E-state index contributed by atoms with van der Waals surface area (Å²) in [5, 5.41) is 2.69. The smallest absolute Gasteiger partial charge is 0.258 e. The van der Waals surface area contributed by atoms with E-state index in [9.17, 15) is 14.0 Å². The molecular weight excluding hydrogens is 335 g/mol. The number of amides is 1. The summed E-state index contributed by atoms with van der Waals surface area (Å²) in [4.78, 5) is 34.4. The molecule has 2 N–H and O–H groups in total. The Labute approximate surface area is 150 Å².